The molecule has 0 spiro atoms. The highest BCUT2D eigenvalue weighted by molar-refractivity contribution is 5.03. The molecule has 1 fully saturated rings. The SMILES string of the molecule is Cc1cnn(C[C@@H]2CCCCN2Cc2cc(C)no2)c1. The fourth-order valence-corrected chi connectivity index (χ4v) is 2.95. The van der Waals surface area contributed by atoms with Crippen LogP contribution in [0.1, 0.15) is 36.3 Å². The van der Waals surface area contributed by atoms with E-state index >= 15 is 0 Å². The summed E-state index contributed by atoms with van der Waals surface area (Å²) in [4.78, 5) is 2.50. The van der Waals surface area contributed by atoms with Crippen LogP contribution in [0.4, 0.5) is 0 Å². The fraction of sp³-hybridized carbons (Fsp3) is 0.600. The molecule has 1 saturated heterocycles. The van der Waals surface area contributed by atoms with Gasteiger partial charge in [0.2, 0.25) is 0 Å². The first-order chi connectivity index (χ1) is 9.70. The van der Waals surface area contributed by atoms with E-state index < -0.39 is 0 Å². The largest absolute Gasteiger partial charge is 0.360 e. The Kier molecular flexibility index (Phi) is 3.87. The fourth-order valence-electron chi connectivity index (χ4n) is 2.95. The van der Waals surface area contributed by atoms with Crippen LogP contribution >= 0.6 is 0 Å². The maximum Gasteiger partial charge on any atom is 0.150 e. The Morgan fingerprint density at radius 1 is 1.35 bits per heavy atom. The summed E-state index contributed by atoms with van der Waals surface area (Å²) in [7, 11) is 0. The van der Waals surface area contributed by atoms with Gasteiger partial charge >= 0.3 is 0 Å². The van der Waals surface area contributed by atoms with E-state index in [-0.39, 0.29) is 0 Å². The maximum atomic E-state index is 5.36. The van der Waals surface area contributed by atoms with Crippen LogP contribution in [0.3, 0.4) is 0 Å². The molecule has 2 aromatic heterocycles. The Morgan fingerprint density at radius 2 is 2.25 bits per heavy atom. The molecule has 0 amide bonds. The monoisotopic (exact) mass is 274 g/mol. The van der Waals surface area contributed by atoms with Crippen LogP contribution in [0.2, 0.25) is 0 Å². The smallest absolute Gasteiger partial charge is 0.150 e. The molecule has 0 saturated carbocycles. The number of hydrogen-bond acceptors (Lipinski definition) is 4. The lowest BCUT2D eigenvalue weighted by atomic mass is 10.0. The molecule has 1 atom stereocenters. The number of likely N-dealkylation sites (tertiary alicyclic amines) is 1. The van der Waals surface area contributed by atoms with Crippen molar-refractivity contribution in [2.45, 2.75) is 52.2 Å². The highest BCUT2D eigenvalue weighted by Crippen LogP contribution is 2.21. The Hall–Kier alpha value is -1.62. The second-order valence-corrected chi connectivity index (χ2v) is 5.79. The normalized spacial score (nSPS) is 20.4. The standard InChI is InChI=1S/C15H22N4O/c1-12-8-16-19(9-12)10-14-5-3-4-6-18(14)11-15-7-13(2)17-20-15/h7-9,14H,3-6,10-11H2,1-2H3/t14-/m0/s1. The quantitative estimate of drug-likeness (QED) is 0.859. The van der Waals surface area contributed by atoms with Gasteiger partial charge in [-0.2, -0.15) is 5.10 Å². The van der Waals surface area contributed by atoms with Crippen molar-refractivity contribution in [1.82, 2.24) is 19.8 Å². The Labute approximate surface area is 119 Å². The molecule has 5 heteroatoms. The minimum Gasteiger partial charge on any atom is -0.360 e. The van der Waals surface area contributed by atoms with Crippen LogP contribution in [-0.4, -0.2) is 32.4 Å². The van der Waals surface area contributed by atoms with E-state index in [9.17, 15) is 0 Å². The van der Waals surface area contributed by atoms with Crippen LogP contribution < -0.4 is 0 Å². The molecule has 0 unspecified atom stereocenters. The number of aryl methyl sites for hydroxylation is 2. The zero-order valence-electron chi connectivity index (χ0n) is 12.2. The van der Waals surface area contributed by atoms with Crippen LogP contribution in [-0.2, 0) is 13.1 Å². The molecule has 0 bridgehead atoms. The summed E-state index contributed by atoms with van der Waals surface area (Å²) >= 11 is 0. The van der Waals surface area contributed by atoms with Gasteiger partial charge in [0.15, 0.2) is 5.76 Å². The zero-order chi connectivity index (χ0) is 13.9. The third-order valence-corrected chi connectivity index (χ3v) is 3.94. The predicted molar refractivity (Wildman–Crippen MR) is 76.3 cm³/mol. The van der Waals surface area contributed by atoms with Crippen molar-refractivity contribution in [1.29, 1.82) is 0 Å². The molecule has 3 heterocycles. The number of nitrogens with zero attached hydrogens (tertiary/aromatic N) is 4. The molecular formula is C15H22N4O. The van der Waals surface area contributed by atoms with Gasteiger partial charge in [-0.25, -0.2) is 0 Å². The van der Waals surface area contributed by atoms with E-state index in [0.29, 0.717) is 6.04 Å². The van der Waals surface area contributed by atoms with Crippen molar-refractivity contribution < 1.29 is 4.52 Å². The molecular weight excluding hydrogens is 252 g/mol. The summed E-state index contributed by atoms with van der Waals surface area (Å²) in [6.07, 6.45) is 7.84. The average molecular weight is 274 g/mol. The van der Waals surface area contributed by atoms with Crippen molar-refractivity contribution in [2.24, 2.45) is 0 Å². The lowest BCUT2D eigenvalue weighted by Crippen LogP contribution is -2.41. The molecule has 5 nitrogen and oxygen atoms in total. The van der Waals surface area contributed by atoms with Gasteiger partial charge in [0, 0.05) is 18.3 Å². The lowest BCUT2D eigenvalue weighted by molar-refractivity contribution is 0.110. The van der Waals surface area contributed by atoms with E-state index in [0.717, 1.165) is 31.1 Å². The van der Waals surface area contributed by atoms with E-state index in [1.165, 1.54) is 24.8 Å². The molecule has 1 aliphatic heterocycles. The average Bonchev–Trinajstić information content (AvgIpc) is 3.01. The molecule has 0 aromatic carbocycles. The molecule has 0 aliphatic carbocycles. The summed E-state index contributed by atoms with van der Waals surface area (Å²) in [6, 6.07) is 2.57. The lowest BCUT2D eigenvalue weighted by Gasteiger charge is -2.34. The Bertz CT molecular complexity index is 509. The number of piperidine rings is 1. The van der Waals surface area contributed by atoms with Gasteiger partial charge in [0.25, 0.3) is 0 Å². The van der Waals surface area contributed by atoms with Crippen LogP contribution in [0.25, 0.3) is 0 Å². The maximum absolute atomic E-state index is 5.36. The van der Waals surface area contributed by atoms with Crippen molar-refractivity contribution in [2.75, 3.05) is 6.54 Å². The van der Waals surface area contributed by atoms with Gasteiger partial charge in [-0.05, 0) is 38.8 Å². The van der Waals surface area contributed by atoms with E-state index in [4.69, 9.17) is 4.52 Å². The predicted octanol–water partition coefficient (Wildman–Crippen LogP) is 2.54. The van der Waals surface area contributed by atoms with E-state index in [1.807, 2.05) is 19.2 Å². The van der Waals surface area contributed by atoms with Crippen molar-refractivity contribution >= 4 is 0 Å². The minimum absolute atomic E-state index is 0.536. The highest BCUT2D eigenvalue weighted by atomic mass is 16.5. The Balaban J connectivity index is 1.67. The molecule has 0 N–H and O–H groups in total. The van der Waals surface area contributed by atoms with Crippen LogP contribution in [0.15, 0.2) is 23.0 Å². The van der Waals surface area contributed by atoms with Crippen molar-refractivity contribution in [3.05, 3.63) is 35.5 Å². The number of rotatable bonds is 4. The van der Waals surface area contributed by atoms with Crippen molar-refractivity contribution in [3.63, 3.8) is 0 Å². The molecule has 0 radical (unpaired) electrons. The summed E-state index contributed by atoms with van der Waals surface area (Å²) in [5.41, 5.74) is 2.18. The number of hydrogen-bond donors (Lipinski definition) is 0. The summed E-state index contributed by atoms with van der Waals surface area (Å²) in [5, 5.41) is 8.38. The Morgan fingerprint density at radius 3 is 2.95 bits per heavy atom. The zero-order valence-corrected chi connectivity index (χ0v) is 12.2. The first kappa shape index (κ1) is 13.4. The van der Waals surface area contributed by atoms with Crippen molar-refractivity contribution in [3.8, 4) is 0 Å². The second kappa shape index (κ2) is 5.79. The first-order valence-electron chi connectivity index (χ1n) is 7.36. The molecule has 1 aliphatic rings. The summed E-state index contributed by atoms with van der Waals surface area (Å²) < 4.78 is 7.42. The topological polar surface area (TPSA) is 47.1 Å². The third kappa shape index (κ3) is 3.10. The molecule has 2 aromatic rings. The highest BCUT2D eigenvalue weighted by Gasteiger charge is 2.24. The molecule has 20 heavy (non-hydrogen) atoms. The van der Waals surface area contributed by atoms with Gasteiger partial charge in [0.05, 0.1) is 25.0 Å². The summed E-state index contributed by atoms with van der Waals surface area (Å²) in [5.74, 6) is 0.964. The van der Waals surface area contributed by atoms with E-state index in [2.05, 4.69) is 33.0 Å². The second-order valence-electron chi connectivity index (χ2n) is 5.79. The van der Waals surface area contributed by atoms with Gasteiger partial charge in [-0.15, -0.1) is 0 Å². The van der Waals surface area contributed by atoms with Gasteiger partial charge in [-0.3, -0.25) is 9.58 Å². The van der Waals surface area contributed by atoms with E-state index in [1.54, 1.807) is 0 Å². The third-order valence-electron chi connectivity index (χ3n) is 3.94. The first-order valence-corrected chi connectivity index (χ1v) is 7.36. The number of aromatic nitrogens is 3. The van der Waals surface area contributed by atoms with Crippen LogP contribution in [0.5, 0.6) is 0 Å². The van der Waals surface area contributed by atoms with Gasteiger partial charge < -0.3 is 4.52 Å². The van der Waals surface area contributed by atoms with Gasteiger partial charge in [-0.1, -0.05) is 11.6 Å². The van der Waals surface area contributed by atoms with Gasteiger partial charge in [0.1, 0.15) is 0 Å². The minimum atomic E-state index is 0.536. The summed E-state index contributed by atoms with van der Waals surface area (Å²) in [6.45, 7) is 6.99. The molecule has 108 valence electrons. The van der Waals surface area contributed by atoms with Crippen LogP contribution in [0, 0.1) is 13.8 Å². The molecule has 3 rings (SSSR count).